The van der Waals surface area contributed by atoms with E-state index in [1.54, 1.807) is 18.2 Å². The number of hydrogen-bond acceptors (Lipinski definition) is 6. The van der Waals surface area contributed by atoms with Crippen LogP contribution in [0.4, 0.5) is 0 Å². The van der Waals surface area contributed by atoms with E-state index in [4.69, 9.17) is 14.2 Å². The maximum absolute atomic E-state index is 12.6. The lowest BCUT2D eigenvalue weighted by molar-refractivity contribution is -0.123. The number of carbonyl (C=O) groups excluding carboxylic acids is 2. The van der Waals surface area contributed by atoms with Crippen LogP contribution >= 0.6 is 0 Å². The predicted molar refractivity (Wildman–Crippen MR) is 117 cm³/mol. The molecule has 0 aliphatic carbocycles. The fourth-order valence-corrected chi connectivity index (χ4v) is 2.98. The van der Waals surface area contributed by atoms with Gasteiger partial charge in [0, 0.05) is 5.56 Å². The first-order valence-electron chi connectivity index (χ1n) is 10.1. The number of carbonyl (C=O) groups is 2. The van der Waals surface area contributed by atoms with E-state index in [1.165, 1.54) is 6.21 Å². The van der Waals surface area contributed by atoms with Gasteiger partial charge in [-0.2, -0.15) is 5.10 Å². The monoisotopic (exact) mass is 425 g/mol. The van der Waals surface area contributed by atoms with Gasteiger partial charge in [-0.25, -0.2) is 5.43 Å². The van der Waals surface area contributed by atoms with E-state index >= 15 is 0 Å². The van der Waals surface area contributed by atoms with Crippen LogP contribution < -0.4 is 25.0 Å². The van der Waals surface area contributed by atoms with Crippen molar-refractivity contribution in [3.05, 3.63) is 53.6 Å². The molecule has 0 spiro atoms. The molecule has 3 rings (SSSR count). The number of rotatable bonds is 8. The average Bonchev–Trinajstić information content (AvgIpc) is 3.19. The van der Waals surface area contributed by atoms with E-state index in [1.807, 2.05) is 52.0 Å². The smallest absolute Gasteiger partial charge is 0.262 e. The van der Waals surface area contributed by atoms with E-state index in [0.717, 1.165) is 11.3 Å². The minimum absolute atomic E-state index is 0.0621. The standard InChI is InChI=1S/C23H27N3O5/c1-14(2)21(25-22(27)17-8-9-19-20(11-17)30-13-29-19)23(28)26-24-12-16-6-5-7-18(10-16)31-15(3)4/h5-12,14-15,21H,13H2,1-4H3,(H,25,27)(H,26,28). The minimum Gasteiger partial charge on any atom is -0.491 e. The van der Waals surface area contributed by atoms with Crippen LogP contribution in [0.5, 0.6) is 17.2 Å². The van der Waals surface area contributed by atoms with Gasteiger partial charge in [0.1, 0.15) is 11.8 Å². The third kappa shape index (κ3) is 5.97. The maximum Gasteiger partial charge on any atom is 0.262 e. The summed E-state index contributed by atoms with van der Waals surface area (Å²) in [5, 5.41) is 6.79. The Morgan fingerprint density at radius 1 is 1.06 bits per heavy atom. The molecule has 0 fully saturated rings. The van der Waals surface area contributed by atoms with E-state index < -0.39 is 11.9 Å². The molecule has 0 saturated carbocycles. The summed E-state index contributed by atoms with van der Waals surface area (Å²) in [6.45, 7) is 7.72. The summed E-state index contributed by atoms with van der Waals surface area (Å²) in [6.07, 6.45) is 1.59. The molecule has 1 heterocycles. The van der Waals surface area contributed by atoms with Crippen LogP contribution in [-0.2, 0) is 4.79 Å². The Morgan fingerprint density at radius 3 is 2.58 bits per heavy atom. The lowest BCUT2D eigenvalue weighted by atomic mass is 10.0. The molecule has 0 saturated heterocycles. The Balaban J connectivity index is 1.61. The quantitative estimate of drug-likeness (QED) is 0.500. The van der Waals surface area contributed by atoms with E-state index in [2.05, 4.69) is 15.8 Å². The number of hydrogen-bond donors (Lipinski definition) is 2. The molecular weight excluding hydrogens is 398 g/mol. The molecule has 0 bridgehead atoms. The van der Waals surface area contributed by atoms with Gasteiger partial charge in [0.25, 0.3) is 11.8 Å². The van der Waals surface area contributed by atoms with Gasteiger partial charge in [-0.05, 0) is 55.7 Å². The first-order chi connectivity index (χ1) is 14.8. The van der Waals surface area contributed by atoms with Gasteiger partial charge in [-0.3, -0.25) is 9.59 Å². The maximum atomic E-state index is 12.6. The second kappa shape index (κ2) is 9.97. The second-order valence-electron chi connectivity index (χ2n) is 7.74. The zero-order valence-corrected chi connectivity index (χ0v) is 18.0. The number of ether oxygens (including phenoxy) is 3. The van der Waals surface area contributed by atoms with Gasteiger partial charge >= 0.3 is 0 Å². The van der Waals surface area contributed by atoms with Crippen molar-refractivity contribution in [2.24, 2.45) is 11.0 Å². The molecule has 0 radical (unpaired) electrons. The Kier molecular flexibility index (Phi) is 7.12. The highest BCUT2D eigenvalue weighted by atomic mass is 16.7. The topological polar surface area (TPSA) is 98.2 Å². The van der Waals surface area contributed by atoms with Crippen molar-refractivity contribution in [2.45, 2.75) is 39.8 Å². The van der Waals surface area contributed by atoms with E-state index in [-0.39, 0.29) is 24.7 Å². The van der Waals surface area contributed by atoms with Crippen molar-refractivity contribution in [3.8, 4) is 17.2 Å². The van der Waals surface area contributed by atoms with Crippen molar-refractivity contribution < 1.29 is 23.8 Å². The van der Waals surface area contributed by atoms with Crippen LogP contribution in [-0.4, -0.2) is 37.0 Å². The SMILES string of the molecule is CC(C)Oc1cccc(C=NNC(=O)C(NC(=O)c2ccc3c(c2)OCO3)C(C)C)c1. The molecule has 1 unspecified atom stereocenters. The van der Waals surface area contributed by atoms with Gasteiger partial charge in [0.2, 0.25) is 6.79 Å². The normalized spacial score (nSPS) is 13.5. The van der Waals surface area contributed by atoms with Crippen molar-refractivity contribution >= 4 is 18.0 Å². The molecule has 1 atom stereocenters. The fraction of sp³-hybridized carbons (Fsp3) is 0.348. The van der Waals surface area contributed by atoms with Crippen molar-refractivity contribution in [3.63, 3.8) is 0 Å². The Morgan fingerprint density at radius 2 is 1.84 bits per heavy atom. The van der Waals surface area contributed by atoms with Crippen LogP contribution in [0.3, 0.4) is 0 Å². The number of nitrogens with one attached hydrogen (secondary N) is 2. The number of hydrazone groups is 1. The van der Waals surface area contributed by atoms with Crippen molar-refractivity contribution in [1.82, 2.24) is 10.7 Å². The lowest BCUT2D eigenvalue weighted by Gasteiger charge is -2.20. The van der Waals surface area contributed by atoms with Crippen molar-refractivity contribution in [2.75, 3.05) is 6.79 Å². The van der Waals surface area contributed by atoms with Crippen LogP contribution in [0, 0.1) is 5.92 Å². The molecule has 0 aromatic heterocycles. The van der Waals surface area contributed by atoms with Crippen molar-refractivity contribution in [1.29, 1.82) is 0 Å². The molecule has 1 aliphatic heterocycles. The summed E-state index contributed by atoms with van der Waals surface area (Å²) in [6, 6.07) is 11.5. The summed E-state index contributed by atoms with van der Waals surface area (Å²) < 4.78 is 16.2. The van der Waals surface area contributed by atoms with Gasteiger partial charge in [0.05, 0.1) is 12.3 Å². The first-order valence-corrected chi connectivity index (χ1v) is 10.1. The summed E-state index contributed by atoms with van der Waals surface area (Å²) in [5.74, 6) is 0.889. The molecule has 8 heteroatoms. The average molecular weight is 425 g/mol. The zero-order chi connectivity index (χ0) is 22.4. The predicted octanol–water partition coefficient (Wildman–Crippen LogP) is 3.11. The summed E-state index contributed by atoms with van der Waals surface area (Å²) in [4.78, 5) is 25.3. The van der Waals surface area contributed by atoms with Crippen LogP contribution in [0.2, 0.25) is 0 Å². The Labute approximate surface area is 181 Å². The highest BCUT2D eigenvalue weighted by Gasteiger charge is 2.25. The molecule has 2 aromatic carbocycles. The Bertz CT molecular complexity index is 971. The van der Waals surface area contributed by atoms with Gasteiger partial charge in [-0.15, -0.1) is 0 Å². The molecule has 1 aliphatic rings. The molecule has 8 nitrogen and oxygen atoms in total. The summed E-state index contributed by atoms with van der Waals surface area (Å²) in [7, 11) is 0. The number of fused-ring (bicyclic) bond motifs is 1. The number of nitrogens with zero attached hydrogens (tertiary/aromatic N) is 1. The molecule has 2 N–H and O–H groups in total. The second-order valence-corrected chi connectivity index (χ2v) is 7.74. The molecular formula is C23H27N3O5. The lowest BCUT2D eigenvalue weighted by Crippen LogP contribution is -2.48. The van der Waals surface area contributed by atoms with Gasteiger partial charge < -0.3 is 19.5 Å². The number of benzene rings is 2. The Hall–Kier alpha value is -3.55. The first kappa shape index (κ1) is 22.1. The fourth-order valence-electron chi connectivity index (χ4n) is 2.98. The third-order valence-electron chi connectivity index (χ3n) is 4.49. The zero-order valence-electron chi connectivity index (χ0n) is 18.0. The van der Waals surface area contributed by atoms with E-state index in [0.29, 0.717) is 17.1 Å². The molecule has 31 heavy (non-hydrogen) atoms. The minimum atomic E-state index is -0.759. The largest absolute Gasteiger partial charge is 0.491 e. The van der Waals surface area contributed by atoms with Crippen LogP contribution in [0.25, 0.3) is 0 Å². The third-order valence-corrected chi connectivity index (χ3v) is 4.49. The summed E-state index contributed by atoms with van der Waals surface area (Å²) in [5.41, 5.74) is 3.67. The number of amides is 2. The van der Waals surface area contributed by atoms with Crippen LogP contribution in [0.15, 0.2) is 47.6 Å². The molecule has 2 amide bonds. The highest BCUT2D eigenvalue weighted by molar-refractivity contribution is 5.98. The van der Waals surface area contributed by atoms with E-state index in [9.17, 15) is 9.59 Å². The highest BCUT2D eigenvalue weighted by Crippen LogP contribution is 2.32. The van der Waals surface area contributed by atoms with Gasteiger partial charge in [-0.1, -0.05) is 26.0 Å². The van der Waals surface area contributed by atoms with Gasteiger partial charge in [0.15, 0.2) is 11.5 Å². The molecule has 164 valence electrons. The molecule has 2 aromatic rings. The summed E-state index contributed by atoms with van der Waals surface area (Å²) >= 11 is 0. The van der Waals surface area contributed by atoms with Crippen LogP contribution in [0.1, 0.15) is 43.6 Å².